The quantitative estimate of drug-likeness (QED) is 0.873. The van der Waals surface area contributed by atoms with Crippen LogP contribution in [-0.4, -0.2) is 11.0 Å². The highest BCUT2D eigenvalue weighted by Gasteiger charge is 2.38. The van der Waals surface area contributed by atoms with Crippen molar-refractivity contribution in [1.82, 2.24) is 4.98 Å². The van der Waals surface area contributed by atoms with Crippen LogP contribution in [0.4, 0.5) is 0 Å². The average molecular weight is 300 g/mol. The van der Waals surface area contributed by atoms with E-state index in [2.05, 4.69) is 36.6 Å². The van der Waals surface area contributed by atoms with Crippen LogP contribution in [0.3, 0.4) is 0 Å². The third-order valence-electron chi connectivity index (χ3n) is 5.11. The summed E-state index contributed by atoms with van der Waals surface area (Å²) >= 11 is 1.75. The topological polar surface area (TPSA) is 38.9 Å². The molecule has 1 aromatic heterocycles. The number of hydrogen-bond donors (Lipinski definition) is 1. The molecule has 2 aromatic rings. The summed E-state index contributed by atoms with van der Waals surface area (Å²) in [6.07, 6.45) is 7.39. The van der Waals surface area contributed by atoms with Crippen molar-refractivity contribution in [3.63, 3.8) is 0 Å². The zero-order chi connectivity index (χ0) is 14.7. The van der Waals surface area contributed by atoms with Crippen molar-refractivity contribution in [1.29, 1.82) is 0 Å². The number of nitrogens with zero attached hydrogens (tertiary/aromatic N) is 1. The summed E-state index contributed by atoms with van der Waals surface area (Å²) in [6, 6.07) is 10.6. The van der Waals surface area contributed by atoms with Crippen LogP contribution in [0.25, 0.3) is 11.3 Å². The number of hydrogen-bond acceptors (Lipinski definition) is 3. The number of rotatable bonds is 5. The van der Waals surface area contributed by atoms with Crippen molar-refractivity contribution >= 4 is 11.3 Å². The van der Waals surface area contributed by atoms with Crippen LogP contribution in [-0.2, 0) is 6.42 Å². The lowest BCUT2D eigenvalue weighted by Gasteiger charge is -2.34. The molecule has 0 amide bonds. The SMILES string of the molecule is CCC1(C(N)Cc2nc(-c3ccccc3)cs2)CCCC1. The Bertz CT molecular complexity index is 570. The van der Waals surface area contributed by atoms with Crippen LogP contribution in [0.1, 0.15) is 44.0 Å². The van der Waals surface area contributed by atoms with Crippen molar-refractivity contribution < 1.29 is 0 Å². The van der Waals surface area contributed by atoms with Gasteiger partial charge in [-0.2, -0.15) is 0 Å². The molecule has 1 unspecified atom stereocenters. The van der Waals surface area contributed by atoms with E-state index in [-0.39, 0.29) is 6.04 Å². The molecule has 1 aliphatic carbocycles. The molecule has 2 nitrogen and oxygen atoms in total. The molecule has 112 valence electrons. The fraction of sp³-hybridized carbons (Fsp3) is 0.500. The maximum atomic E-state index is 6.57. The van der Waals surface area contributed by atoms with Gasteiger partial charge in [0.15, 0.2) is 0 Å². The van der Waals surface area contributed by atoms with Crippen molar-refractivity contribution in [2.45, 2.75) is 51.5 Å². The molecule has 1 atom stereocenters. The van der Waals surface area contributed by atoms with E-state index in [9.17, 15) is 0 Å². The molecular formula is C18H24N2S. The summed E-state index contributed by atoms with van der Waals surface area (Å²) in [5.74, 6) is 0. The highest BCUT2D eigenvalue weighted by Crippen LogP contribution is 2.44. The second kappa shape index (κ2) is 6.29. The second-order valence-electron chi connectivity index (χ2n) is 6.23. The van der Waals surface area contributed by atoms with Crippen molar-refractivity contribution in [2.75, 3.05) is 0 Å². The van der Waals surface area contributed by atoms with Crippen LogP contribution in [0.2, 0.25) is 0 Å². The van der Waals surface area contributed by atoms with Crippen LogP contribution < -0.4 is 5.73 Å². The molecule has 0 aliphatic heterocycles. The summed E-state index contributed by atoms with van der Waals surface area (Å²) in [7, 11) is 0. The van der Waals surface area contributed by atoms with Crippen molar-refractivity contribution in [3.8, 4) is 11.3 Å². The largest absolute Gasteiger partial charge is 0.327 e. The predicted molar refractivity (Wildman–Crippen MR) is 90.4 cm³/mol. The van der Waals surface area contributed by atoms with E-state index in [1.165, 1.54) is 42.7 Å². The molecule has 1 heterocycles. The first-order valence-electron chi connectivity index (χ1n) is 7.99. The van der Waals surface area contributed by atoms with Gasteiger partial charge in [-0.05, 0) is 24.7 Å². The molecule has 2 N–H and O–H groups in total. The monoisotopic (exact) mass is 300 g/mol. The summed E-state index contributed by atoms with van der Waals surface area (Å²) < 4.78 is 0. The van der Waals surface area contributed by atoms with E-state index in [4.69, 9.17) is 10.7 Å². The molecule has 3 rings (SSSR count). The van der Waals surface area contributed by atoms with E-state index in [1.807, 2.05) is 6.07 Å². The number of nitrogens with two attached hydrogens (primary N) is 1. The molecule has 1 aromatic carbocycles. The fourth-order valence-corrected chi connectivity index (χ4v) is 4.48. The zero-order valence-corrected chi connectivity index (χ0v) is 13.5. The van der Waals surface area contributed by atoms with Gasteiger partial charge in [-0.15, -0.1) is 11.3 Å². The molecular weight excluding hydrogens is 276 g/mol. The van der Waals surface area contributed by atoms with E-state index in [0.29, 0.717) is 5.41 Å². The molecule has 0 radical (unpaired) electrons. The Labute approximate surface area is 131 Å². The smallest absolute Gasteiger partial charge is 0.0948 e. The lowest BCUT2D eigenvalue weighted by molar-refractivity contribution is 0.218. The summed E-state index contributed by atoms with van der Waals surface area (Å²) in [5.41, 5.74) is 9.21. The Hall–Kier alpha value is -1.19. The number of benzene rings is 1. The maximum absolute atomic E-state index is 6.57. The van der Waals surface area contributed by atoms with Crippen LogP contribution in [0, 0.1) is 5.41 Å². The van der Waals surface area contributed by atoms with Gasteiger partial charge in [-0.25, -0.2) is 4.98 Å². The lowest BCUT2D eigenvalue weighted by atomic mass is 9.75. The van der Waals surface area contributed by atoms with Crippen LogP contribution in [0.5, 0.6) is 0 Å². The molecule has 1 saturated carbocycles. The van der Waals surface area contributed by atoms with Gasteiger partial charge in [-0.1, -0.05) is 50.1 Å². The predicted octanol–water partition coefficient (Wildman–Crippen LogP) is 4.65. The van der Waals surface area contributed by atoms with Gasteiger partial charge in [0.05, 0.1) is 10.7 Å². The Kier molecular flexibility index (Phi) is 4.41. The zero-order valence-electron chi connectivity index (χ0n) is 12.7. The Morgan fingerprint density at radius 2 is 1.95 bits per heavy atom. The third kappa shape index (κ3) is 3.04. The van der Waals surface area contributed by atoms with Crippen molar-refractivity contribution in [2.24, 2.45) is 11.1 Å². The lowest BCUT2D eigenvalue weighted by Crippen LogP contribution is -2.41. The Morgan fingerprint density at radius 1 is 1.24 bits per heavy atom. The molecule has 1 aliphatic rings. The Balaban J connectivity index is 1.72. The first-order valence-corrected chi connectivity index (χ1v) is 8.87. The molecule has 21 heavy (non-hydrogen) atoms. The molecule has 3 heteroatoms. The normalized spacial score (nSPS) is 18.8. The molecule has 1 fully saturated rings. The molecule has 0 spiro atoms. The number of aromatic nitrogens is 1. The minimum absolute atomic E-state index is 0.250. The van der Waals surface area contributed by atoms with Gasteiger partial charge in [0.25, 0.3) is 0 Å². The Morgan fingerprint density at radius 3 is 2.62 bits per heavy atom. The van der Waals surface area contributed by atoms with E-state index in [1.54, 1.807) is 11.3 Å². The van der Waals surface area contributed by atoms with Gasteiger partial charge < -0.3 is 5.73 Å². The van der Waals surface area contributed by atoms with Gasteiger partial charge in [-0.3, -0.25) is 0 Å². The standard InChI is InChI=1S/C18H24N2S/c1-2-18(10-6-7-11-18)16(19)12-17-20-15(13-21-17)14-8-4-3-5-9-14/h3-5,8-9,13,16H,2,6-7,10-12,19H2,1H3. The van der Waals surface area contributed by atoms with Crippen LogP contribution >= 0.6 is 11.3 Å². The summed E-state index contributed by atoms with van der Waals surface area (Å²) in [4.78, 5) is 4.80. The fourth-order valence-electron chi connectivity index (χ4n) is 3.62. The van der Waals surface area contributed by atoms with Gasteiger partial charge in [0.1, 0.15) is 0 Å². The first kappa shape index (κ1) is 14.7. The highest BCUT2D eigenvalue weighted by atomic mass is 32.1. The third-order valence-corrected chi connectivity index (χ3v) is 5.98. The van der Waals surface area contributed by atoms with Gasteiger partial charge in [0.2, 0.25) is 0 Å². The number of thiazole rings is 1. The van der Waals surface area contributed by atoms with E-state index in [0.717, 1.165) is 12.1 Å². The minimum Gasteiger partial charge on any atom is -0.327 e. The molecule has 0 bridgehead atoms. The minimum atomic E-state index is 0.250. The van der Waals surface area contributed by atoms with Gasteiger partial charge in [0, 0.05) is 23.4 Å². The second-order valence-corrected chi connectivity index (χ2v) is 7.17. The van der Waals surface area contributed by atoms with E-state index < -0.39 is 0 Å². The molecule has 0 saturated heterocycles. The average Bonchev–Trinajstić information content (AvgIpc) is 3.18. The summed E-state index contributed by atoms with van der Waals surface area (Å²) in [5, 5.41) is 3.34. The summed E-state index contributed by atoms with van der Waals surface area (Å²) in [6.45, 7) is 2.29. The van der Waals surface area contributed by atoms with E-state index >= 15 is 0 Å². The first-order chi connectivity index (χ1) is 10.2. The van der Waals surface area contributed by atoms with Gasteiger partial charge >= 0.3 is 0 Å². The van der Waals surface area contributed by atoms with Crippen LogP contribution in [0.15, 0.2) is 35.7 Å². The maximum Gasteiger partial charge on any atom is 0.0948 e. The van der Waals surface area contributed by atoms with Crippen molar-refractivity contribution in [3.05, 3.63) is 40.7 Å². The highest BCUT2D eigenvalue weighted by molar-refractivity contribution is 7.09.